The van der Waals surface area contributed by atoms with Crippen molar-refractivity contribution >= 4 is 11.5 Å². The molecule has 1 aliphatic heterocycles. The number of likely N-dealkylation sites (tertiary alicyclic amines) is 1. The molecule has 3 nitrogen and oxygen atoms in total. The summed E-state index contributed by atoms with van der Waals surface area (Å²) >= 11 is 1.34. The standard InChI is InChI=1S/C6H8FN3S/c7-5-1-10(2-5)3-6-4-11-9-8-6/h4-5H,1-3H2. The Bertz CT molecular complexity index is 220. The van der Waals surface area contributed by atoms with E-state index in [-0.39, 0.29) is 0 Å². The van der Waals surface area contributed by atoms with Gasteiger partial charge in [-0.3, -0.25) is 4.90 Å². The van der Waals surface area contributed by atoms with E-state index in [0.29, 0.717) is 13.1 Å². The van der Waals surface area contributed by atoms with Crippen LogP contribution in [0, 0.1) is 0 Å². The topological polar surface area (TPSA) is 29.0 Å². The summed E-state index contributed by atoms with van der Waals surface area (Å²) in [6.07, 6.45) is -0.624. The van der Waals surface area contributed by atoms with Crippen LogP contribution in [0.3, 0.4) is 0 Å². The molecule has 0 N–H and O–H groups in total. The van der Waals surface area contributed by atoms with Crippen LogP contribution in [0.2, 0.25) is 0 Å². The molecule has 0 amide bonds. The summed E-state index contributed by atoms with van der Waals surface area (Å²) in [6, 6.07) is 0. The van der Waals surface area contributed by atoms with Crippen LogP contribution in [0.1, 0.15) is 5.69 Å². The largest absolute Gasteiger partial charge is 0.292 e. The third-order valence-corrected chi connectivity index (χ3v) is 2.26. The highest BCUT2D eigenvalue weighted by atomic mass is 32.1. The number of rotatable bonds is 2. The van der Waals surface area contributed by atoms with E-state index in [2.05, 4.69) is 9.59 Å². The lowest BCUT2D eigenvalue weighted by Crippen LogP contribution is -2.47. The highest BCUT2D eigenvalue weighted by Crippen LogP contribution is 2.14. The van der Waals surface area contributed by atoms with Gasteiger partial charge in [-0.15, -0.1) is 5.10 Å². The minimum atomic E-state index is -0.624. The summed E-state index contributed by atoms with van der Waals surface area (Å²) in [5.41, 5.74) is 0.946. The van der Waals surface area contributed by atoms with E-state index in [9.17, 15) is 4.39 Å². The van der Waals surface area contributed by atoms with Crippen LogP contribution in [0.25, 0.3) is 0 Å². The summed E-state index contributed by atoms with van der Waals surface area (Å²) in [4.78, 5) is 2.02. The second-order valence-electron chi connectivity index (χ2n) is 2.69. The van der Waals surface area contributed by atoms with Gasteiger partial charge in [-0.2, -0.15) is 0 Å². The summed E-state index contributed by atoms with van der Waals surface area (Å²) in [6.45, 7) is 1.85. The SMILES string of the molecule is FC1CN(Cc2csnn2)C1. The van der Waals surface area contributed by atoms with Gasteiger partial charge in [-0.25, -0.2) is 4.39 Å². The van der Waals surface area contributed by atoms with Crippen LogP contribution < -0.4 is 0 Å². The molecule has 0 aliphatic carbocycles. The first-order valence-electron chi connectivity index (χ1n) is 3.47. The Hall–Kier alpha value is -0.550. The van der Waals surface area contributed by atoms with Crippen LogP contribution >= 0.6 is 11.5 Å². The molecule has 1 aromatic heterocycles. The zero-order chi connectivity index (χ0) is 7.68. The molecule has 1 fully saturated rings. The maximum absolute atomic E-state index is 12.3. The zero-order valence-corrected chi connectivity index (χ0v) is 6.72. The first-order chi connectivity index (χ1) is 5.34. The van der Waals surface area contributed by atoms with Crippen LogP contribution in [0.15, 0.2) is 5.38 Å². The summed E-state index contributed by atoms with van der Waals surface area (Å²) < 4.78 is 16.0. The maximum atomic E-state index is 12.3. The average molecular weight is 173 g/mol. The fraction of sp³-hybridized carbons (Fsp3) is 0.667. The van der Waals surface area contributed by atoms with Crippen molar-refractivity contribution < 1.29 is 4.39 Å². The molecule has 0 aromatic carbocycles. The van der Waals surface area contributed by atoms with Gasteiger partial charge in [0.05, 0.1) is 5.69 Å². The van der Waals surface area contributed by atoms with Crippen molar-refractivity contribution in [1.82, 2.24) is 14.5 Å². The smallest absolute Gasteiger partial charge is 0.125 e. The molecule has 60 valence electrons. The van der Waals surface area contributed by atoms with E-state index in [1.54, 1.807) is 0 Å². The lowest BCUT2D eigenvalue weighted by molar-refractivity contribution is 0.0580. The van der Waals surface area contributed by atoms with E-state index < -0.39 is 6.17 Å². The molecule has 0 unspecified atom stereocenters. The number of hydrogen-bond donors (Lipinski definition) is 0. The number of aromatic nitrogens is 2. The molecular formula is C6H8FN3S. The Kier molecular flexibility index (Phi) is 1.83. The molecule has 1 aliphatic rings. The molecular weight excluding hydrogens is 165 g/mol. The number of halogens is 1. The van der Waals surface area contributed by atoms with Crippen molar-refractivity contribution in [2.75, 3.05) is 13.1 Å². The first kappa shape index (κ1) is 7.12. The Morgan fingerprint density at radius 2 is 2.55 bits per heavy atom. The van der Waals surface area contributed by atoms with Gasteiger partial charge in [-0.1, -0.05) is 4.49 Å². The van der Waals surface area contributed by atoms with Crippen molar-refractivity contribution in [1.29, 1.82) is 0 Å². The Morgan fingerprint density at radius 3 is 3.09 bits per heavy atom. The van der Waals surface area contributed by atoms with Gasteiger partial charge < -0.3 is 0 Å². The maximum Gasteiger partial charge on any atom is 0.125 e. The number of nitrogens with zero attached hydrogens (tertiary/aromatic N) is 3. The fourth-order valence-electron chi connectivity index (χ4n) is 1.12. The second-order valence-corrected chi connectivity index (χ2v) is 3.30. The lowest BCUT2D eigenvalue weighted by Gasteiger charge is -2.33. The number of alkyl halides is 1. The van der Waals surface area contributed by atoms with Crippen molar-refractivity contribution in [2.24, 2.45) is 0 Å². The van der Waals surface area contributed by atoms with Crippen molar-refractivity contribution in [3.63, 3.8) is 0 Å². The lowest BCUT2D eigenvalue weighted by atomic mass is 10.2. The highest BCUT2D eigenvalue weighted by molar-refractivity contribution is 7.03. The second kappa shape index (κ2) is 2.83. The molecule has 0 spiro atoms. The molecule has 5 heteroatoms. The molecule has 11 heavy (non-hydrogen) atoms. The first-order valence-corrected chi connectivity index (χ1v) is 4.30. The normalized spacial score (nSPS) is 20.1. The van der Waals surface area contributed by atoms with Crippen molar-refractivity contribution in [3.8, 4) is 0 Å². The van der Waals surface area contributed by atoms with Gasteiger partial charge in [-0.05, 0) is 11.5 Å². The van der Waals surface area contributed by atoms with Crippen LogP contribution in [-0.4, -0.2) is 33.7 Å². The van der Waals surface area contributed by atoms with E-state index in [0.717, 1.165) is 12.2 Å². The molecule has 1 aromatic rings. The highest BCUT2D eigenvalue weighted by Gasteiger charge is 2.26. The van der Waals surface area contributed by atoms with Crippen molar-refractivity contribution in [2.45, 2.75) is 12.7 Å². The van der Waals surface area contributed by atoms with Crippen LogP contribution in [0.4, 0.5) is 4.39 Å². The van der Waals surface area contributed by atoms with E-state index >= 15 is 0 Å². The van der Waals surface area contributed by atoms with Gasteiger partial charge >= 0.3 is 0 Å². The van der Waals surface area contributed by atoms with Crippen molar-refractivity contribution in [3.05, 3.63) is 11.1 Å². The molecule has 0 radical (unpaired) electrons. The molecule has 0 saturated carbocycles. The minimum Gasteiger partial charge on any atom is -0.292 e. The number of hydrogen-bond acceptors (Lipinski definition) is 4. The van der Waals surface area contributed by atoms with Gasteiger partial charge in [0, 0.05) is 25.0 Å². The third-order valence-electron chi connectivity index (χ3n) is 1.70. The fourth-order valence-corrected chi connectivity index (χ4v) is 1.56. The Balaban J connectivity index is 1.84. The van der Waals surface area contributed by atoms with E-state index in [1.165, 1.54) is 11.5 Å². The van der Waals surface area contributed by atoms with Gasteiger partial charge in [0.25, 0.3) is 0 Å². The van der Waals surface area contributed by atoms with Crippen LogP contribution in [-0.2, 0) is 6.54 Å². The summed E-state index contributed by atoms with van der Waals surface area (Å²) in [5.74, 6) is 0. The van der Waals surface area contributed by atoms with Crippen LogP contribution in [0.5, 0.6) is 0 Å². The summed E-state index contributed by atoms with van der Waals surface area (Å²) in [7, 11) is 0. The summed E-state index contributed by atoms with van der Waals surface area (Å²) in [5, 5.41) is 5.76. The molecule has 2 rings (SSSR count). The minimum absolute atomic E-state index is 0.553. The van der Waals surface area contributed by atoms with E-state index in [1.807, 2.05) is 10.3 Å². The zero-order valence-electron chi connectivity index (χ0n) is 5.90. The third kappa shape index (κ3) is 1.54. The van der Waals surface area contributed by atoms with Gasteiger partial charge in [0.15, 0.2) is 0 Å². The molecule has 0 atom stereocenters. The molecule has 2 heterocycles. The average Bonchev–Trinajstić information content (AvgIpc) is 2.36. The van der Waals surface area contributed by atoms with Gasteiger partial charge in [0.1, 0.15) is 6.17 Å². The Morgan fingerprint density at radius 1 is 1.73 bits per heavy atom. The monoisotopic (exact) mass is 173 g/mol. The van der Waals surface area contributed by atoms with E-state index in [4.69, 9.17) is 0 Å². The molecule has 0 bridgehead atoms. The Labute approximate surface area is 68.0 Å². The quantitative estimate of drug-likeness (QED) is 0.659. The predicted molar refractivity (Wildman–Crippen MR) is 40.1 cm³/mol. The predicted octanol–water partition coefficient (Wildman–Crippen LogP) is 0.692. The molecule has 1 saturated heterocycles. The van der Waals surface area contributed by atoms with Gasteiger partial charge in [0.2, 0.25) is 0 Å².